The Morgan fingerprint density at radius 2 is 1.66 bits per heavy atom. The van der Waals surface area contributed by atoms with Crippen molar-refractivity contribution in [1.82, 2.24) is 9.78 Å². The lowest BCUT2D eigenvalue weighted by Gasteiger charge is -2.20. The van der Waals surface area contributed by atoms with Crippen LogP contribution in [0.1, 0.15) is 68.2 Å². The van der Waals surface area contributed by atoms with Crippen LogP contribution in [0.4, 0.5) is 10.6 Å². The molecule has 1 amide bonds. The molecule has 1 heterocycles. The number of ether oxygens (including phenoxy) is 1. The average Bonchev–Trinajstić information content (AvgIpc) is 3.12. The smallest absolute Gasteiger partial charge is 0.413 e. The van der Waals surface area contributed by atoms with E-state index in [4.69, 9.17) is 16.3 Å². The number of carbonyl (C=O) groups excluding carboxylic acids is 2. The summed E-state index contributed by atoms with van der Waals surface area (Å²) in [7, 11) is 0. The van der Waals surface area contributed by atoms with E-state index in [-0.39, 0.29) is 23.7 Å². The number of rotatable bonds is 5. The van der Waals surface area contributed by atoms with Gasteiger partial charge < -0.3 is 4.74 Å². The predicted molar refractivity (Wildman–Crippen MR) is 138 cm³/mol. The maximum atomic E-state index is 13.3. The zero-order chi connectivity index (χ0) is 26.2. The first kappa shape index (κ1) is 27.6. The van der Waals surface area contributed by atoms with Gasteiger partial charge in [0.1, 0.15) is 17.1 Å². The number of halogens is 1. The first-order valence-electron chi connectivity index (χ1n) is 11.4. The summed E-state index contributed by atoms with van der Waals surface area (Å²) in [5.74, 6) is -0.159. The molecule has 1 aromatic heterocycles. The van der Waals surface area contributed by atoms with Crippen molar-refractivity contribution in [2.24, 2.45) is 0 Å². The summed E-state index contributed by atoms with van der Waals surface area (Å²) >= 11 is 6.01. The molecule has 0 aliphatic rings. The number of hydrogen-bond acceptors (Lipinski definition) is 5. The van der Waals surface area contributed by atoms with Gasteiger partial charge in [0.25, 0.3) is 0 Å². The minimum Gasteiger partial charge on any atom is -0.444 e. The van der Waals surface area contributed by atoms with E-state index in [9.17, 15) is 14.9 Å². The minimum absolute atomic E-state index is 0.0800. The van der Waals surface area contributed by atoms with Crippen LogP contribution < -0.4 is 5.32 Å². The van der Waals surface area contributed by atoms with Crippen molar-refractivity contribution < 1.29 is 14.3 Å². The Morgan fingerprint density at radius 1 is 1.09 bits per heavy atom. The Labute approximate surface area is 211 Å². The Kier molecular flexibility index (Phi) is 9.61. The van der Waals surface area contributed by atoms with Crippen LogP contribution in [0.5, 0.6) is 0 Å². The van der Waals surface area contributed by atoms with Gasteiger partial charge in [-0.25, -0.2) is 9.48 Å². The van der Waals surface area contributed by atoms with E-state index in [1.165, 1.54) is 11.1 Å². The third-order valence-electron chi connectivity index (χ3n) is 4.46. The van der Waals surface area contributed by atoms with Crippen LogP contribution in [0.2, 0.25) is 5.02 Å². The number of anilines is 1. The Morgan fingerprint density at radius 3 is 2.17 bits per heavy atom. The van der Waals surface area contributed by atoms with Crippen LogP contribution in [0, 0.1) is 18.3 Å². The highest BCUT2D eigenvalue weighted by molar-refractivity contribution is 6.30. The molecular weight excluding hydrogens is 464 g/mol. The molecule has 0 atom stereocenters. The molecule has 0 bridgehead atoms. The number of aromatic nitrogens is 2. The van der Waals surface area contributed by atoms with Gasteiger partial charge in [0.2, 0.25) is 5.78 Å². The zero-order valence-electron chi connectivity index (χ0n) is 21.0. The molecule has 0 aliphatic heterocycles. The summed E-state index contributed by atoms with van der Waals surface area (Å²) in [6.45, 7) is 11.4. The highest BCUT2D eigenvalue weighted by Gasteiger charge is 2.27. The van der Waals surface area contributed by atoms with Gasteiger partial charge >= 0.3 is 6.09 Å². The van der Waals surface area contributed by atoms with Gasteiger partial charge in [-0.3, -0.25) is 10.1 Å². The van der Waals surface area contributed by atoms with Crippen molar-refractivity contribution in [2.75, 3.05) is 5.32 Å². The maximum Gasteiger partial charge on any atom is 0.413 e. The molecule has 3 aromatic rings. The summed E-state index contributed by atoms with van der Waals surface area (Å²) in [4.78, 5) is 25.8. The van der Waals surface area contributed by atoms with E-state index >= 15 is 0 Å². The maximum absolute atomic E-state index is 13.3. The van der Waals surface area contributed by atoms with Crippen LogP contribution in [-0.2, 0) is 11.2 Å². The quantitative estimate of drug-likeness (QED) is 0.389. The Hall–Kier alpha value is -3.63. The monoisotopic (exact) mass is 494 g/mol. The van der Waals surface area contributed by atoms with Gasteiger partial charge in [0.05, 0.1) is 18.2 Å². The first-order chi connectivity index (χ1) is 16.5. The molecule has 1 N–H and O–H groups in total. The number of amides is 1. The molecule has 8 heteroatoms. The summed E-state index contributed by atoms with van der Waals surface area (Å²) in [5.41, 5.74) is 1.65. The minimum atomic E-state index is -0.731. The first-order valence-corrected chi connectivity index (χ1v) is 11.7. The molecule has 184 valence electrons. The van der Waals surface area contributed by atoms with E-state index in [0.717, 1.165) is 5.56 Å². The van der Waals surface area contributed by atoms with E-state index in [2.05, 4.69) is 30.3 Å². The lowest BCUT2D eigenvalue weighted by atomic mass is 10.0. The average molecular weight is 495 g/mol. The molecule has 35 heavy (non-hydrogen) atoms. The number of nitrogens with one attached hydrogen (secondary N) is 1. The Bertz CT molecular complexity index is 1200. The van der Waals surface area contributed by atoms with Crippen molar-refractivity contribution in [1.29, 1.82) is 5.26 Å². The molecule has 2 aromatic carbocycles. The SMILES string of the molecule is CCC.Cc1ccc(C(=O)c2nn(-c3ccc(Cl)cc3)c(NC(=O)OC(C)(C)C)c2CC#N)cc1. The number of ketones is 1. The molecule has 0 unspecified atom stereocenters. The van der Waals surface area contributed by atoms with Crippen molar-refractivity contribution >= 4 is 29.3 Å². The van der Waals surface area contributed by atoms with Crippen LogP contribution in [-0.4, -0.2) is 27.3 Å². The predicted octanol–water partition coefficient (Wildman–Crippen LogP) is 6.89. The Balaban J connectivity index is 0.00000137. The van der Waals surface area contributed by atoms with Crippen LogP contribution in [0.25, 0.3) is 5.69 Å². The fraction of sp³-hybridized carbons (Fsp3) is 0.333. The second-order valence-electron chi connectivity index (χ2n) is 8.93. The fourth-order valence-electron chi connectivity index (χ4n) is 3.02. The summed E-state index contributed by atoms with van der Waals surface area (Å²) in [6, 6.07) is 15.9. The van der Waals surface area contributed by atoms with E-state index in [1.54, 1.807) is 57.2 Å². The molecule has 7 nitrogen and oxygen atoms in total. The normalized spacial score (nSPS) is 10.6. The fourth-order valence-corrected chi connectivity index (χ4v) is 3.14. The second kappa shape index (κ2) is 12.2. The van der Waals surface area contributed by atoms with E-state index in [0.29, 0.717) is 21.8 Å². The number of benzene rings is 2. The lowest BCUT2D eigenvalue weighted by Crippen LogP contribution is -2.28. The van der Waals surface area contributed by atoms with Crippen LogP contribution >= 0.6 is 11.6 Å². The number of hydrogen-bond donors (Lipinski definition) is 1. The standard InChI is InChI=1S/C24H23ClN4O3.C3H8/c1-15-5-7-16(8-6-15)21(30)20-19(13-14-26)22(27-23(31)32-24(2,3)4)29(28-20)18-11-9-17(25)10-12-18;1-3-2/h5-12H,13H2,1-4H3,(H,27,31);3H2,1-2H3. The molecular formula is C27H31ClN4O3. The van der Waals surface area contributed by atoms with Gasteiger partial charge in [-0.1, -0.05) is 61.7 Å². The molecule has 3 rings (SSSR count). The van der Waals surface area contributed by atoms with Crippen molar-refractivity contribution in [3.63, 3.8) is 0 Å². The molecule has 0 radical (unpaired) electrons. The molecule has 0 saturated carbocycles. The van der Waals surface area contributed by atoms with Crippen LogP contribution in [0.3, 0.4) is 0 Å². The third-order valence-corrected chi connectivity index (χ3v) is 4.71. The van der Waals surface area contributed by atoms with Crippen LogP contribution in [0.15, 0.2) is 48.5 Å². The molecule has 0 spiro atoms. The summed E-state index contributed by atoms with van der Waals surface area (Å²) in [5, 5.41) is 17.1. The van der Waals surface area contributed by atoms with E-state index in [1.807, 2.05) is 19.1 Å². The number of carbonyl (C=O) groups is 2. The van der Waals surface area contributed by atoms with Crippen molar-refractivity contribution in [3.05, 3.63) is 75.9 Å². The second-order valence-corrected chi connectivity index (χ2v) is 9.36. The van der Waals surface area contributed by atoms with Crippen molar-refractivity contribution in [2.45, 2.75) is 60.0 Å². The summed E-state index contributed by atoms with van der Waals surface area (Å²) in [6.07, 6.45) is 0.396. The summed E-state index contributed by atoms with van der Waals surface area (Å²) < 4.78 is 6.78. The van der Waals surface area contributed by atoms with Gasteiger partial charge in [-0.2, -0.15) is 10.4 Å². The lowest BCUT2D eigenvalue weighted by molar-refractivity contribution is 0.0634. The van der Waals surface area contributed by atoms with Gasteiger partial charge in [-0.15, -0.1) is 0 Å². The largest absolute Gasteiger partial charge is 0.444 e. The molecule has 0 saturated heterocycles. The topological polar surface area (TPSA) is 97.0 Å². The van der Waals surface area contributed by atoms with Gasteiger partial charge in [-0.05, 0) is 52.0 Å². The van der Waals surface area contributed by atoms with Crippen molar-refractivity contribution in [3.8, 4) is 11.8 Å². The molecule has 0 fully saturated rings. The number of nitrogens with zero attached hydrogens (tertiary/aromatic N) is 3. The number of aryl methyl sites for hydroxylation is 1. The van der Waals surface area contributed by atoms with E-state index < -0.39 is 11.7 Å². The van der Waals surface area contributed by atoms with Gasteiger partial charge in [0, 0.05) is 16.1 Å². The van der Waals surface area contributed by atoms with Gasteiger partial charge in [0.15, 0.2) is 0 Å². The molecule has 0 aliphatic carbocycles. The zero-order valence-corrected chi connectivity index (χ0v) is 21.7. The number of nitriles is 1. The highest BCUT2D eigenvalue weighted by atomic mass is 35.5. The highest BCUT2D eigenvalue weighted by Crippen LogP contribution is 2.28. The third kappa shape index (κ3) is 7.69.